The summed E-state index contributed by atoms with van der Waals surface area (Å²) < 4.78 is 28.0. The van der Waals surface area contributed by atoms with Gasteiger partial charge in [0.05, 0.1) is 0 Å². The molecule has 1 aliphatic heterocycles. The molecule has 0 spiro atoms. The van der Waals surface area contributed by atoms with E-state index >= 15 is 0 Å². The smallest absolute Gasteiger partial charge is 0.191 e. The minimum atomic E-state index is -0.465. The average Bonchev–Trinajstić information content (AvgIpc) is 3.49. The molecule has 2 aliphatic rings. The molecule has 1 aliphatic carbocycles. The van der Waals surface area contributed by atoms with Gasteiger partial charge in [-0.3, -0.25) is 9.89 Å². The van der Waals surface area contributed by atoms with Crippen LogP contribution in [0.1, 0.15) is 41.9 Å². The summed E-state index contributed by atoms with van der Waals surface area (Å²) in [6.45, 7) is 5.23. The van der Waals surface area contributed by atoms with Crippen LogP contribution in [0.25, 0.3) is 0 Å². The lowest BCUT2D eigenvalue weighted by Crippen LogP contribution is -2.49. The molecule has 0 aromatic heterocycles. The van der Waals surface area contributed by atoms with Crippen LogP contribution in [-0.2, 0) is 6.54 Å². The fourth-order valence-electron chi connectivity index (χ4n) is 4.34. The zero-order valence-corrected chi connectivity index (χ0v) is 20.4. The van der Waals surface area contributed by atoms with Gasteiger partial charge in [0.25, 0.3) is 0 Å². The Kier molecular flexibility index (Phi) is 8.27. The summed E-state index contributed by atoms with van der Waals surface area (Å²) in [7, 11) is 1.74. The number of hydrogen-bond acceptors (Lipinski definition) is 2. The van der Waals surface area contributed by atoms with Crippen LogP contribution in [0.2, 0.25) is 0 Å². The number of benzene rings is 2. The molecule has 4 rings (SSSR count). The first kappa shape index (κ1) is 23.9. The molecule has 2 fully saturated rings. The molecule has 7 heteroatoms. The third-order valence-corrected chi connectivity index (χ3v) is 6.29. The molecular weight excluding hydrogens is 509 g/mol. The highest BCUT2D eigenvalue weighted by atomic mass is 127. The molecular formula is C24H31F2IN4. The van der Waals surface area contributed by atoms with Crippen molar-refractivity contribution in [3.05, 3.63) is 70.8 Å². The van der Waals surface area contributed by atoms with Gasteiger partial charge in [-0.15, -0.1) is 24.0 Å². The fourth-order valence-corrected chi connectivity index (χ4v) is 4.34. The molecule has 1 heterocycles. The summed E-state index contributed by atoms with van der Waals surface area (Å²) in [6.07, 6.45) is 2.80. The van der Waals surface area contributed by atoms with E-state index in [0.29, 0.717) is 12.5 Å². The predicted molar refractivity (Wildman–Crippen MR) is 132 cm³/mol. The predicted octanol–water partition coefficient (Wildman–Crippen LogP) is 4.58. The summed E-state index contributed by atoms with van der Waals surface area (Å²) in [5, 5.41) is 6.84. The molecule has 2 atom stereocenters. The fraction of sp³-hybridized carbons (Fsp3) is 0.458. The number of aryl methyl sites for hydroxylation is 1. The zero-order valence-electron chi connectivity index (χ0n) is 18.1. The first-order valence-corrected chi connectivity index (χ1v) is 10.8. The Labute approximate surface area is 200 Å². The van der Waals surface area contributed by atoms with Crippen LogP contribution < -0.4 is 10.6 Å². The highest BCUT2D eigenvalue weighted by Gasteiger charge is 2.42. The van der Waals surface area contributed by atoms with Gasteiger partial charge >= 0.3 is 0 Å². The number of halogens is 3. The van der Waals surface area contributed by atoms with E-state index in [-0.39, 0.29) is 41.5 Å². The first-order chi connectivity index (χ1) is 14.5. The number of rotatable bonds is 5. The van der Waals surface area contributed by atoms with Crippen molar-refractivity contribution < 1.29 is 8.78 Å². The Balaban J connectivity index is 0.00000272. The molecule has 1 saturated heterocycles. The van der Waals surface area contributed by atoms with E-state index in [1.54, 1.807) is 7.05 Å². The zero-order chi connectivity index (χ0) is 21.1. The van der Waals surface area contributed by atoms with Crippen LogP contribution in [0.4, 0.5) is 8.78 Å². The number of piperidine rings is 1. The first-order valence-electron chi connectivity index (χ1n) is 10.8. The van der Waals surface area contributed by atoms with Gasteiger partial charge < -0.3 is 10.6 Å². The van der Waals surface area contributed by atoms with Gasteiger partial charge in [0, 0.05) is 50.2 Å². The van der Waals surface area contributed by atoms with Crippen LogP contribution >= 0.6 is 24.0 Å². The lowest BCUT2D eigenvalue weighted by atomic mass is 10.0. The molecule has 168 valence electrons. The van der Waals surface area contributed by atoms with Crippen molar-refractivity contribution in [1.29, 1.82) is 0 Å². The highest BCUT2D eigenvalue weighted by molar-refractivity contribution is 14.0. The number of likely N-dealkylation sites (tertiary alicyclic amines) is 1. The van der Waals surface area contributed by atoms with Gasteiger partial charge in [-0.1, -0.05) is 30.3 Å². The SMILES string of the molecule is CN=C(NC1CCN(Cc2ccccc2C)CC1)NC1CC1c1c(F)cccc1F.I. The molecule has 2 aromatic rings. The second-order valence-corrected chi connectivity index (χ2v) is 8.42. The van der Waals surface area contributed by atoms with Gasteiger partial charge in [-0.25, -0.2) is 8.78 Å². The number of guanidine groups is 1. The average molecular weight is 540 g/mol. The van der Waals surface area contributed by atoms with Crippen LogP contribution in [0, 0.1) is 18.6 Å². The maximum Gasteiger partial charge on any atom is 0.191 e. The van der Waals surface area contributed by atoms with Crippen molar-refractivity contribution in [3.8, 4) is 0 Å². The molecule has 2 aromatic carbocycles. The van der Waals surface area contributed by atoms with Gasteiger partial charge in [-0.2, -0.15) is 0 Å². The van der Waals surface area contributed by atoms with Crippen molar-refractivity contribution in [2.45, 2.75) is 50.7 Å². The third kappa shape index (κ3) is 5.94. The molecule has 2 N–H and O–H groups in total. The van der Waals surface area contributed by atoms with Gasteiger partial charge in [-0.05, 0) is 49.4 Å². The number of nitrogens with zero attached hydrogens (tertiary/aromatic N) is 2. The second-order valence-electron chi connectivity index (χ2n) is 8.42. The van der Waals surface area contributed by atoms with E-state index < -0.39 is 11.6 Å². The van der Waals surface area contributed by atoms with E-state index in [0.717, 1.165) is 38.4 Å². The lowest BCUT2D eigenvalue weighted by molar-refractivity contribution is 0.198. The molecule has 0 radical (unpaired) electrons. The molecule has 0 bridgehead atoms. The Morgan fingerprint density at radius 3 is 2.35 bits per heavy atom. The molecule has 31 heavy (non-hydrogen) atoms. The normalized spacial score (nSPS) is 22.0. The minimum Gasteiger partial charge on any atom is -0.354 e. The Bertz CT molecular complexity index is 892. The summed E-state index contributed by atoms with van der Waals surface area (Å²) in [5.41, 5.74) is 2.92. The maximum absolute atomic E-state index is 14.0. The van der Waals surface area contributed by atoms with Crippen molar-refractivity contribution >= 4 is 29.9 Å². The lowest BCUT2D eigenvalue weighted by Gasteiger charge is -2.33. The number of nitrogens with one attached hydrogen (secondary N) is 2. The maximum atomic E-state index is 14.0. The summed E-state index contributed by atoms with van der Waals surface area (Å²) in [4.78, 5) is 6.82. The topological polar surface area (TPSA) is 39.7 Å². The monoisotopic (exact) mass is 540 g/mol. The Morgan fingerprint density at radius 1 is 1.03 bits per heavy atom. The van der Waals surface area contributed by atoms with Gasteiger partial charge in [0.15, 0.2) is 5.96 Å². The van der Waals surface area contributed by atoms with Crippen LogP contribution in [0.5, 0.6) is 0 Å². The van der Waals surface area contributed by atoms with E-state index in [2.05, 4.69) is 51.7 Å². The number of hydrogen-bond donors (Lipinski definition) is 2. The van der Waals surface area contributed by atoms with Crippen molar-refractivity contribution in [1.82, 2.24) is 15.5 Å². The van der Waals surface area contributed by atoms with Crippen molar-refractivity contribution in [2.24, 2.45) is 4.99 Å². The largest absolute Gasteiger partial charge is 0.354 e. The third-order valence-electron chi connectivity index (χ3n) is 6.29. The van der Waals surface area contributed by atoms with E-state index in [9.17, 15) is 8.78 Å². The van der Waals surface area contributed by atoms with E-state index in [1.807, 2.05) is 0 Å². The van der Waals surface area contributed by atoms with Crippen LogP contribution in [-0.4, -0.2) is 43.1 Å². The standard InChI is InChI=1S/C24H30F2N4.HI/c1-16-6-3-4-7-17(16)15-30-12-10-18(11-13-30)28-24(27-2)29-22-14-19(22)23-20(25)8-5-9-21(23)26;/h3-9,18-19,22H,10-15H2,1-2H3,(H2,27,28,29);1H. The molecule has 4 nitrogen and oxygen atoms in total. The molecule has 2 unspecified atom stereocenters. The second kappa shape index (κ2) is 10.7. The summed E-state index contributed by atoms with van der Waals surface area (Å²) in [6, 6.07) is 13.0. The molecule has 0 amide bonds. The quantitative estimate of drug-likeness (QED) is 0.332. The highest BCUT2D eigenvalue weighted by Crippen LogP contribution is 2.43. The van der Waals surface area contributed by atoms with Crippen LogP contribution in [0.3, 0.4) is 0 Å². The minimum absolute atomic E-state index is 0. The summed E-state index contributed by atoms with van der Waals surface area (Å²) >= 11 is 0. The van der Waals surface area contributed by atoms with Gasteiger partial charge in [0.1, 0.15) is 11.6 Å². The number of aliphatic imine (C=N–C) groups is 1. The van der Waals surface area contributed by atoms with Crippen molar-refractivity contribution in [3.63, 3.8) is 0 Å². The molecule has 1 saturated carbocycles. The summed E-state index contributed by atoms with van der Waals surface area (Å²) in [5.74, 6) is -0.348. The Hall–Kier alpha value is -1.74. The van der Waals surface area contributed by atoms with Gasteiger partial charge in [0.2, 0.25) is 0 Å². The van der Waals surface area contributed by atoms with Crippen LogP contribution in [0.15, 0.2) is 47.5 Å². The van der Waals surface area contributed by atoms with Crippen molar-refractivity contribution in [2.75, 3.05) is 20.1 Å². The van der Waals surface area contributed by atoms with E-state index in [4.69, 9.17) is 0 Å². The van der Waals surface area contributed by atoms with E-state index in [1.165, 1.54) is 29.3 Å². The Morgan fingerprint density at radius 2 is 1.71 bits per heavy atom.